The van der Waals surface area contributed by atoms with Crippen molar-refractivity contribution < 1.29 is 0 Å². The summed E-state index contributed by atoms with van der Waals surface area (Å²) in [5.41, 5.74) is 2.88. The largest absolute Gasteiger partial charge is 0.382 e. The Hall–Kier alpha value is -0.980. The number of para-hydroxylation sites is 1. The third kappa shape index (κ3) is 5.19. The molecular weight excluding hydrogens is 242 g/mol. The van der Waals surface area contributed by atoms with Gasteiger partial charge in [-0.05, 0) is 24.5 Å². The first-order chi connectivity index (χ1) is 9.90. The predicted octanol–water partition coefficient (Wildman–Crippen LogP) is 5.94. The lowest BCUT2D eigenvalue weighted by atomic mass is 10.0. The summed E-state index contributed by atoms with van der Waals surface area (Å²) in [6, 6.07) is 9.45. The molecule has 0 amide bonds. The first-order valence-corrected chi connectivity index (χ1v) is 8.74. The minimum absolute atomic E-state index is 0.692. The molecule has 0 bridgehead atoms. The van der Waals surface area contributed by atoms with E-state index in [1.165, 1.54) is 81.9 Å². The molecule has 1 aliphatic rings. The molecule has 0 aromatic heterocycles. The van der Waals surface area contributed by atoms with E-state index in [0.29, 0.717) is 6.04 Å². The van der Waals surface area contributed by atoms with Gasteiger partial charge in [-0.2, -0.15) is 0 Å². The van der Waals surface area contributed by atoms with Crippen molar-refractivity contribution >= 4 is 5.69 Å². The van der Waals surface area contributed by atoms with Crippen molar-refractivity contribution in [3.05, 3.63) is 29.8 Å². The highest BCUT2D eigenvalue weighted by molar-refractivity contribution is 5.56. The van der Waals surface area contributed by atoms with E-state index in [1.54, 1.807) is 0 Å². The fourth-order valence-corrected chi connectivity index (χ4v) is 3.25. The first-order valence-electron chi connectivity index (χ1n) is 8.74. The SMILES string of the molecule is CCCCCCCCCCCC1Cc2ccccc2N1. The fourth-order valence-electron chi connectivity index (χ4n) is 3.25. The lowest BCUT2D eigenvalue weighted by Crippen LogP contribution is -2.14. The molecule has 0 fully saturated rings. The van der Waals surface area contributed by atoms with Crippen LogP contribution in [0, 0.1) is 0 Å². The maximum absolute atomic E-state index is 3.66. The number of hydrogen-bond acceptors (Lipinski definition) is 1. The van der Waals surface area contributed by atoms with Crippen LogP contribution < -0.4 is 5.32 Å². The average Bonchev–Trinajstić information content (AvgIpc) is 2.88. The normalized spacial score (nSPS) is 16.9. The maximum atomic E-state index is 3.66. The number of fused-ring (bicyclic) bond motifs is 1. The minimum Gasteiger partial charge on any atom is -0.382 e. The van der Waals surface area contributed by atoms with Crippen LogP contribution in [0.4, 0.5) is 5.69 Å². The Morgan fingerprint density at radius 3 is 2.25 bits per heavy atom. The molecule has 1 N–H and O–H groups in total. The van der Waals surface area contributed by atoms with Crippen LogP contribution in [0.3, 0.4) is 0 Å². The maximum Gasteiger partial charge on any atom is 0.0375 e. The van der Waals surface area contributed by atoms with Crippen molar-refractivity contribution in [1.82, 2.24) is 0 Å². The monoisotopic (exact) mass is 273 g/mol. The molecule has 1 heteroatoms. The van der Waals surface area contributed by atoms with Crippen LogP contribution in [0.15, 0.2) is 24.3 Å². The highest BCUT2D eigenvalue weighted by atomic mass is 14.9. The summed E-state index contributed by atoms with van der Waals surface area (Å²) < 4.78 is 0. The summed E-state index contributed by atoms with van der Waals surface area (Å²) in [6.45, 7) is 2.29. The van der Waals surface area contributed by atoms with E-state index >= 15 is 0 Å². The Morgan fingerprint density at radius 2 is 1.55 bits per heavy atom. The van der Waals surface area contributed by atoms with Crippen LogP contribution in [0.25, 0.3) is 0 Å². The molecule has 1 nitrogen and oxygen atoms in total. The van der Waals surface area contributed by atoms with Crippen LogP contribution in [0.5, 0.6) is 0 Å². The van der Waals surface area contributed by atoms with Gasteiger partial charge in [-0.1, -0.05) is 82.9 Å². The van der Waals surface area contributed by atoms with Crippen LogP contribution in [0.2, 0.25) is 0 Å². The van der Waals surface area contributed by atoms with Gasteiger partial charge in [0.1, 0.15) is 0 Å². The topological polar surface area (TPSA) is 12.0 Å². The third-order valence-electron chi connectivity index (χ3n) is 4.50. The van der Waals surface area contributed by atoms with Crippen LogP contribution in [-0.4, -0.2) is 6.04 Å². The lowest BCUT2D eigenvalue weighted by Gasteiger charge is -2.10. The highest BCUT2D eigenvalue weighted by Crippen LogP contribution is 2.27. The standard InChI is InChI=1S/C19H31N/c1-2-3-4-5-6-7-8-9-10-14-18-16-17-13-11-12-15-19(17)20-18/h11-13,15,18,20H,2-10,14,16H2,1H3. The molecule has 1 aromatic rings. The summed E-state index contributed by atoms with van der Waals surface area (Å²) in [5, 5.41) is 3.66. The van der Waals surface area contributed by atoms with Crippen molar-refractivity contribution in [2.75, 3.05) is 5.32 Å². The fraction of sp³-hybridized carbons (Fsp3) is 0.684. The summed E-state index contributed by atoms with van der Waals surface area (Å²) in [6.07, 6.45) is 15.4. The Kier molecular flexibility index (Phi) is 6.97. The van der Waals surface area contributed by atoms with Crippen molar-refractivity contribution in [1.29, 1.82) is 0 Å². The van der Waals surface area contributed by atoms with Gasteiger partial charge in [-0.25, -0.2) is 0 Å². The zero-order valence-corrected chi connectivity index (χ0v) is 13.2. The molecule has 2 rings (SSSR count). The van der Waals surface area contributed by atoms with E-state index in [9.17, 15) is 0 Å². The van der Waals surface area contributed by atoms with Crippen LogP contribution in [-0.2, 0) is 6.42 Å². The van der Waals surface area contributed by atoms with Crippen LogP contribution >= 0.6 is 0 Å². The van der Waals surface area contributed by atoms with Gasteiger partial charge in [-0.15, -0.1) is 0 Å². The second-order valence-corrected chi connectivity index (χ2v) is 6.32. The molecule has 1 atom stereocenters. The zero-order valence-electron chi connectivity index (χ0n) is 13.2. The van der Waals surface area contributed by atoms with E-state index < -0.39 is 0 Å². The highest BCUT2D eigenvalue weighted by Gasteiger charge is 2.18. The Balaban J connectivity index is 1.45. The summed E-state index contributed by atoms with van der Waals surface area (Å²) in [7, 11) is 0. The molecule has 20 heavy (non-hydrogen) atoms. The van der Waals surface area contributed by atoms with Gasteiger partial charge >= 0.3 is 0 Å². The molecule has 0 saturated carbocycles. The number of anilines is 1. The molecule has 0 saturated heterocycles. The van der Waals surface area contributed by atoms with Gasteiger partial charge in [-0.3, -0.25) is 0 Å². The molecule has 0 aliphatic carbocycles. The molecule has 0 spiro atoms. The van der Waals surface area contributed by atoms with E-state index in [0.717, 1.165) is 0 Å². The number of benzene rings is 1. The number of hydrogen-bond donors (Lipinski definition) is 1. The van der Waals surface area contributed by atoms with E-state index in [4.69, 9.17) is 0 Å². The third-order valence-corrected chi connectivity index (χ3v) is 4.50. The van der Waals surface area contributed by atoms with Gasteiger partial charge in [0.2, 0.25) is 0 Å². The smallest absolute Gasteiger partial charge is 0.0375 e. The van der Waals surface area contributed by atoms with Gasteiger partial charge in [0.25, 0.3) is 0 Å². The zero-order chi connectivity index (χ0) is 14.0. The van der Waals surface area contributed by atoms with Crippen molar-refractivity contribution in [2.45, 2.75) is 83.6 Å². The number of rotatable bonds is 10. The van der Waals surface area contributed by atoms with Gasteiger partial charge in [0.05, 0.1) is 0 Å². The lowest BCUT2D eigenvalue weighted by molar-refractivity contribution is 0.539. The van der Waals surface area contributed by atoms with Gasteiger partial charge in [0.15, 0.2) is 0 Å². The Labute approximate surface area is 125 Å². The van der Waals surface area contributed by atoms with Crippen molar-refractivity contribution in [2.24, 2.45) is 0 Å². The molecule has 112 valence electrons. The quantitative estimate of drug-likeness (QED) is 0.520. The summed E-state index contributed by atoms with van der Waals surface area (Å²) in [5.74, 6) is 0. The van der Waals surface area contributed by atoms with Crippen molar-refractivity contribution in [3.8, 4) is 0 Å². The molecule has 1 unspecified atom stereocenters. The Morgan fingerprint density at radius 1 is 0.900 bits per heavy atom. The number of nitrogens with one attached hydrogen (secondary N) is 1. The van der Waals surface area contributed by atoms with Gasteiger partial charge < -0.3 is 5.32 Å². The predicted molar refractivity (Wildman–Crippen MR) is 89.4 cm³/mol. The Bertz CT molecular complexity index is 347. The van der Waals surface area contributed by atoms with E-state index in [-0.39, 0.29) is 0 Å². The molecule has 1 aromatic carbocycles. The summed E-state index contributed by atoms with van der Waals surface area (Å²) in [4.78, 5) is 0. The molecule has 1 aliphatic heterocycles. The van der Waals surface area contributed by atoms with Gasteiger partial charge in [0, 0.05) is 11.7 Å². The minimum atomic E-state index is 0.692. The second-order valence-electron chi connectivity index (χ2n) is 6.32. The molecular formula is C19H31N. The van der Waals surface area contributed by atoms with Crippen molar-refractivity contribution in [3.63, 3.8) is 0 Å². The van der Waals surface area contributed by atoms with Crippen LogP contribution in [0.1, 0.15) is 76.7 Å². The summed E-state index contributed by atoms with van der Waals surface area (Å²) >= 11 is 0. The first kappa shape index (κ1) is 15.4. The van der Waals surface area contributed by atoms with E-state index in [1.807, 2.05) is 0 Å². The molecule has 1 heterocycles. The average molecular weight is 273 g/mol. The van der Waals surface area contributed by atoms with E-state index in [2.05, 4.69) is 36.5 Å². The number of unbranched alkanes of at least 4 members (excludes halogenated alkanes) is 8. The molecule has 0 radical (unpaired) electrons. The second kappa shape index (κ2) is 9.05.